The molecule has 0 spiro atoms. The van der Waals surface area contributed by atoms with Crippen LogP contribution in [0.2, 0.25) is 0 Å². The lowest BCUT2D eigenvalue weighted by molar-refractivity contribution is -0.126. The van der Waals surface area contributed by atoms with Gasteiger partial charge in [0.25, 0.3) is 0 Å². The fraction of sp³-hybridized carbons (Fsp3) is 0.389. The van der Waals surface area contributed by atoms with Crippen molar-refractivity contribution in [1.82, 2.24) is 34.8 Å². The molecule has 3 aromatic heterocycles. The molecular weight excluding hydrogens is 376 g/mol. The highest BCUT2D eigenvalue weighted by atomic mass is 32.2. The molecule has 1 aliphatic rings. The molecule has 1 atom stereocenters. The number of aromatic amines is 1. The minimum atomic E-state index is -0.0169. The first kappa shape index (κ1) is 18.5. The summed E-state index contributed by atoms with van der Waals surface area (Å²) < 4.78 is 1.83. The monoisotopic (exact) mass is 398 g/mol. The molecule has 3 aromatic rings. The van der Waals surface area contributed by atoms with Crippen LogP contribution in [-0.2, 0) is 11.3 Å². The maximum Gasteiger partial charge on any atom is 0.245 e. The fourth-order valence-corrected chi connectivity index (χ4v) is 4.48. The predicted molar refractivity (Wildman–Crippen MR) is 109 cm³/mol. The van der Waals surface area contributed by atoms with Gasteiger partial charge in [-0.25, -0.2) is 4.98 Å². The van der Waals surface area contributed by atoms with Crippen molar-refractivity contribution in [3.63, 3.8) is 0 Å². The van der Waals surface area contributed by atoms with Crippen molar-refractivity contribution in [2.45, 2.75) is 36.6 Å². The second kappa shape index (κ2) is 8.01. The van der Waals surface area contributed by atoms with Crippen LogP contribution in [-0.4, -0.2) is 59.1 Å². The normalized spacial score (nSPS) is 17.0. The van der Waals surface area contributed by atoms with Gasteiger partial charge in [-0.3, -0.25) is 14.6 Å². The number of aromatic nitrogens is 6. The summed E-state index contributed by atoms with van der Waals surface area (Å²) in [5.41, 5.74) is 1.51. The second-order valence-corrected chi connectivity index (χ2v) is 7.85. The zero-order valence-corrected chi connectivity index (χ0v) is 16.4. The number of anilines is 2. The Morgan fingerprint density at radius 2 is 2.36 bits per heavy atom. The number of fused-ring (bicyclic) bond motifs is 1. The van der Waals surface area contributed by atoms with E-state index in [4.69, 9.17) is 4.98 Å². The Kier molecular flexibility index (Phi) is 5.29. The molecule has 0 bridgehead atoms. The Morgan fingerprint density at radius 3 is 3.14 bits per heavy atom. The van der Waals surface area contributed by atoms with Crippen molar-refractivity contribution in [3.8, 4) is 0 Å². The quantitative estimate of drug-likeness (QED) is 0.486. The van der Waals surface area contributed by atoms with Gasteiger partial charge in [0.05, 0.1) is 23.5 Å². The molecule has 0 aliphatic carbocycles. The number of thioether (sulfide) groups is 1. The molecule has 1 saturated heterocycles. The molecule has 0 radical (unpaired) electrons. The highest BCUT2D eigenvalue weighted by Gasteiger charge is 2.24. The number of piperidine rings is 1. The van der Waals surface area contributed by atoms with Gasteiger partial charge in [0.1, 0.15) is 5.03 Å². The summed E-state index contributed by atoms with van der Waals surface area (Å²) in [6.07, 6.45) is 8.78. The third-order valence-corrected chi connectivity index (χ3v) is 5.88. The first-order valence-corrected chi connectivity index (χ1v) is 10.1. The molecule has 10 heteroatoms. The summed E-state index contributed by atoms with van der Waals surface area (Å²) in [5, 5.41) is 16.5. The van der Waals surface area contributed by atoms with Crippen molar-refractivity contribution in [2.75, 3.05) is 18.4 Å². The SMILES string of the molecule is C=CC(=O)N1CCC[C@@H](Sc2nc(Nc3cnn(CC)c3)nc3[nH]ncc23)C1. The smallest absolute Gasteiger partial charge is 0.245 e. The number of hydrogen-bond donors (Lipinski definition) is 2. The third-order valence-electron chi connectivity index (χ3n) is 4.63. The van der Waals surface area contributed by atoms with Crippen LogP contribution in [0.5, 0.6) is 0 Å². The van der Waals surface area contributed by atoms with Gasteiger partial charge in [0.2, 0.25) is 11.9 Å². The standard InChI is InChI=1S/C18H22N8OS/c1-3-15(27)25-7-5-6-13(11-25)28-17-14-9-19-24-16(14)22-18(23-17)21-12-8-20-26(4-2)10-12/h3,8-10,13H,1,4-7,11H2,2H3,(H2,19,21,22,23,24)/t13-/m1/s1. The Morgan fingerprint density at radius 1 is 1.46 bits per heavy atom. The summed E-state index contributed by atoms with van der Waals surface area (Å²) in [5.74, 6) is 0.474. The van der Waals surface area contributed by atoms with E-state index in [0.29, 0.717) is 18.1 Å². The predicted octanol–water partition coefficient (Wildman–Crippen LogP) is 2.58. The highest BCUT2D eigenvalue weighted by molar-refractivity contribution is 8.00. The van der Waals surface area contributed by atoms with Crippen LogP contribution in [0.25, 0.3) is 11.0 Å². The van der Waals surface area contributed by atoms with Gasteiger partial charge in [-0.1, -0.05) is 6.58 Å². The molecule has 4 rings (SSSR count). The van der Waals surface area contributed by atoms with Crippen LogP contribution in [0.3, 0.4) is 0 Å². The Balaban J connectivity index is 1.56. The van der Waals surface area contributed by atoms with E-state index in [2.05, 4.69) is 32.2 Å². The molecule has 4 heterocycles. The topological polar surface area (TPSA) is 105 Å². The van der Waals surface area contributed by atoms with Gasteiger partial charge < -0.3 is 10.2 Å². The largest absolute Gasteiger partial charge is 0.338 e. The average molecular weight is 398 g/mol. The number of carbonyl (C=O) groups excluding carboxylic acids is 1. The van der Waals surface area contributed by atoms with Crippen molar-refractivity contribution in [1.29, 1.82) is 0 Å². The number of nitrogens with one attached hydrogen (secondary N) is 2. The van der Waals surface area contributed by atoms with Gasteiger partial charge in [0.15, 0.2) is 5.65 Å². The number of carbonyl (C=O) groups is 1. The molecule has 0 aromatic carbocycles. The van der Waals surface area contributed by atoms with Crippen LogP contribution in [0.1, 0.15) is 19.8 Å². The minimum absolute atomic E-state index is 0.0169. The van der Waals surface area contributed by atoms with E-state index in [-0.39, 0.29) is 11.2 Å². The molecule has 2 N–H and O–H groups in total. The van der Waals surface area contributed by atoms with Crippen LogP contribution >= 0.6 is 11.8 Å². The van der Waals surface area contributed by atoms with Crippen molar-refractivity contribution >= 4 is 40.3 Å². The van der Waals surface area contributed by atoms with Gasteiger partial charge in [-0.05, 0) is 25.8 Å². The number of rotatable bonds is 6. The average Bonchev–Trinajstić information content (AvgIpc) is 3.37. The molecule has 1 aliphatic heterocycles. The molecule has 0 unspecified atom stereocenters. The Hall–Kier alpha value is -2.88. The van der Waals surface area contributed by atoms with Gasteiger partial charge >= 0.3 is 0 Å². The van der Waals surface area contributed by atoms with Gasteiger partial charge in [0, 0.05) is 31.1 Å². The molecule has 146 valence electrons. The lowest BCUT2D eigenvalue weighted by Crippen LogP contribution is -2.40. The van der Waals surface area contributed by atoms with Crippen LogP contribution < -0.4 is 5.32 Å². The van der Waals surface area contributed by atoms with E-state index in [1.54, 1.807) is 24.2 Å². The summed E-state index contributed by atoms with van der Waals surface area (Å²) in [4.78, 5) is 23.0. The van der Waals surface area contributed by atoms with Crippen molar-refractivity contribution < 1.29 is 4.79 Å². The van der Waals surface area contributed by atoms with Gasteiger partial charge in [-0.2, -0.15) is 15.2 Å². The molecule has 1 fully saturated rings. The lowest BCUT2D eigenvalue weighted by atomic mass is 10.1. The van der Waals surface area contributed by atoms with E-state index < -0.39 is 0 Å². The number of likely N-dealkylation sites (tertiary alicyclic amines) is 1. The maximum absolute atomic E-state index is 12.0. The molecule has 0 saturated carbocycles. The zero-order chi connectivity index (χ0) is 19.5. The number of H-pyrrole nitrogens is 1. The van der Waals surface area contributed by atoms with Crippen molar-refractivity contribution in [2.24, 2.45) is 0 Å². The number of aryl methyl sites for hydroxylation is 1. The second-order valence-electron chi connectivity index (χ2n) is 6.56. The Labute approximate surface area is 166 Å². The highest BCUT2D eigenvalue weighted by Crippen LogP contribution is 2.33. The van der Waals surface area contributed by atoms with Crippen LogP contribution in [0.15, 0.2) is 36.3 Å². The summed E-state index contributed by atoms with van der Waals surface area (Å²) in [6, 6.07) is 0. The first-order valence-electron chi connectivity index (χ1n) is 9.25. The van der Waals surface area contributed by atoms with Gasteiger partial charge in [-0.15, -0.1) is 11.8 Å². The van der Waals surface area contributed by atoms with E-state index in [9.17, 15) is 4.79 Å². The fourth-order valence-electron chi connectivity index (χ4n) is 3.21. The van der Waals surface area contributed by atoms with E-state index >= 15 is 0 Å². The zero-order valence-electron chi connectivity index (χ0n) is 15.6. The van der Waals surface area contributed by atoms with E-state index in [1.165, 1.54) is 6.08 Å². The van der Waals surface area contributed by atoms with Crippen LogP contribution in [0.4, 0.5) is 11.6 Å². The molecular formula is C18H22N8OS. The number of hydrogen-bond acceptors (Lipinski definition) is 7. The number of nitrogens with zero attached hydrogens (tertiary/aromatic N) is 6. The minimum Gasteiger partial charge on any atom is -0.338 e. The molecule has 1 amide bonds. The van der Waals surface area contributed by atoms with E-state index in [0.717, 1.165) is 42.0 Å². The summed E-state index contributed by atoms with van der Waals surface area (Å²) in [7, 11) is 0. The van der Waals surface area contributed by atoms with Crippen LogP contribution in [0, 0.1) is 0 Å². The maximum atomic E-state index is 12.0. The van der Waals surface area contributed by atoms with E-state index in [1.807, 2.05) is 22.7 Å². The lowest BCUT2D eigenvalue weighted by Gasteiger charge is -2.31. The summed E-state index contributed by atoms with van der Waals surface area (Å²) in [6.45, 7) is 7.88. The Bertz CT molecular complexity index is 997. The molecule has 9 nitrogen and oxygen atoms in total. The number of amides is 1. The molecule has 28 heavy (non-hydrogen) atoms. The summed E-state index contributed by atoms with van der Waals surface area (Å²) >= 11 is 1.66. The van der Waals surface area contributed by atoms with Crippen molar-refractivity contribution in [3.05, 3.63) is 31.2 Å². The first-order chi connectivity index (χ1) is 13.7. The third kappa shape index (κ3) is 3.86.